The van der Waals surface area contributed by atoms with Crippen LogP contribution in [0.5, 0.6) is 0 Å². The Kier molecular flexibility index (Phi) is 5.63. The Hall–Kier alpha value is -0.160. The fraction of sp³-hybridized carbons (Fsp3) is 1.00. The Morgan fingerprint density at radius 3 is 2.95 bits per heavy atom. The third kappa shape index (κ3) is 3.69. The van der Waals surface area contributed by atoms with Gasteiger partial charge in [-0.15, -0.1) is 0 Å². The highest BCUT2D eigenvalue weighted by atomic mass is 16.5. The van der Waals surface area contributed by atoms with Crippen LogP contribution < -0.4 is 11.1 Å². The maximum atomic E-state index is 9.46. The van der Waals surface area contributed by atoms with E-state index >= 15 is 0 Å². The number of nitrogens with two attached hydrogens (primary N) is 1. The number of hydrogen-bond acceptors (Lipinski definition) is 4. The van der Waals surface area contributed by atoms with E-state index in [1.807, 2.05) is 0 Å². The molecule has 0 aromatic rings. The summed E-state index contributed by atoms with van der Waals surface area (Å²) >= 11 is 0. The molecule has 4 N–H and O–H groups in total. The number of aliphatic hydroxyl groups excluding tert-OH is 1. The van der Waals surface area contributed by atoms with Crippen molar-refractivity contribution in [3.05, 3.63) is 0 Å². The normalized spacial score (nSPS) is 39.6. The van der Waals surface area contributed by atoms with Crippen molar-refractivity contribution in [2.75, 3.05) is 19.8 Å². The van der Waals surface area contributed by atoms with Crippen LogP contribution in [-0.4, -0.2) is 42.5 Å². The highest BCUT2D eigenvalue weighted by Gasteiger charge is 2.39. The Morgan fingerprint density at radius 1 is 1.42 bits per heavy atom. The Labute approximate surface area is 117 Å². The van der Waals surface area contributed by atoms with Crippen LogP contribution >= 0.6 is 0 Å². The second kappa shape index (κ2) is 7.02. The van der Waals surface area contributed by atoms with E-state index in [9.17, 15) is 5.11 Å². The van der Waals surface area contributed by atoms with Gasteiger partial charge in [-0.1, -0.05) is 19.8 Å². The topological polar surface area (TPSA) is 67.5 Å². The van der Waals surface area contributed by atoms with Crippen LogP contribution in [-0.2, 0) is 4.74 Å². The molecule has 19 heavy (non-hydrogen) atoms. The molecule has 4 nitrogen and oxygen atoms in total. The van der Waals surface area contributed by atoms with Crippen molar-refractivity contribution in [1.82, 2.24) is 5.32 Å². The minimum atomic E-state index is 0.0283. The van der Waals surface area contributed by atoms with E-state index in [4.69, 9.17) is 10.5 Å². The molecule has 2 rings (SSSR count). The highest BCUT2D eigenvalue weighted by molar-refractivity contribution is 4.98. The third-order valence-electron chi connectivity index (χ3n) is 4.94. The molecule has 1 saturated carbocycles. The Morgan fingerprint density at radius 2 is 2.26 bits per heavy atom. The molecule has 1 saturated heterocycles. The molecule has 1 aliphatic heterocycles. The maximum absolute atomic E-state index is 9.46. The van der Waals surface area contributed by atoms with Gasteiger partial charge in [0.2, 0.25) is 0 Å². The summed E-state index contributed by atoms with van der Waals surface area (Å²) in [6.45, 7) is 3.98. The van der Waals surface area contributed by atoms with E-state index < -0.39 is 0 Å². The molecule has 1 aliphatic carbocycles. The van der Waals surface area contributed by atoms with Crippen molar-refractivity contribution < 1.29 is 9.84 Å². The van der Waals surface area contributed by atoms with Gasteiger partial charge in [0.25, 0.3) is 0 Å². The van der Waals surface area contributed by atoms with Crippen molar-refractivity contribution >= 4 is 0 Å². The van der Waals surface area contributed by atoms with Crippen molar-refractivity contribution in [1.29, 1.82) is 0 Å². The lowest BCUT2D eigenvalue weighted by atomic mass is 9.83. The van der Waals surface area contributed by atoms with E-state index in [-0.39, 0.29) is 5.54 Å². The molecule has 4 atom stereocenters. The van der Waals surface area contributed by atoms with E-state index in [1.54, 1.807) is 0 Å². The SMILES string of the molecule is CCCC1CC(CN)(NC2CCCC2CO)CCO1. The molecule has 2 fully saturated rings. The van der Waals surface area contributed by atoms with Crippen molar-refractivity contribution in [3.63, 3.8) is 0 Å². The molecule has 0 aromatic carbocycles. The summed E-state index contributed by atoms with van der Waals surface area (Å²) in [6.07, 6.45) is 8.19. The zero-order valence-corrected chi connectivity index (χ0v) is 12.2. The second-order valence-corrected chi connectivity index (χ2v) is 6.34. The maximum Gasteiger partial charge on any atom is 0.0593 e. The number of hydrogen-bond donors (Lipinski definition) is 3. The van der Waals surface area contributed by atoms with E-state index in [2.05, 4.69) is 12.2 Å². The number of nitrogens with one attached hydrogen (secondary N) is 1. The smallest absolute Gasteiger partial charge is 0.0593 e. The second-order valence-electron chi connectivity index (χ2n) is 6.34. The van der Waals surface area contributed by atoms with Crippen LogP contribution in [0.4, 0.5) is 0 Å². The number of rotatable bonds is 6. The molecule has 4 heteroatoms. The Bertz CT molecular complexity index is 273. The summed E-state index contributed by atoms with van der Waals surface area (Å²) in [5, 5.41) is 13.3. The molecule has 0 amide bonds. The third-order valence-corrected chi connectivity index (χ3v) is 4.94. The van der Waals surface area contributed by atoms with Gasteiger partial charge in [0.15, 0.2) is 0 Å². The minimum absolute atomic E-state index is 0.0283. The largest absolute Gasteiger partial charge is 0.396 e. The molecule has 0 radical (unpaired) electrons. The zero-order valence-electron chi connectivity index (χ0n) is 12.2. The van der Waals surface area contributed by atoms with Crippen LogP contribution in [0.1, 0.15) is 51.9 Å². The molecular formula is C15H30N2O2. The standard InChI is InChI=1S/C15H30N2O2/c1-2-4-13-9-15(11-16,7-8-19-13)17-14-6-3-5-12(14)10-18/h12-14,17-18H,2-11,16H2,1H3. The molecule has 4 unspecified atom stereocenters. The van der Waals surface area contributed by atoms with Crippen LogP contribution in [0.25, 0.3) is 0 Å². The van der Waals surface area contributed by atoms with Crippen molar-refractivity contribution in [3.8, 4) is 0 Å². The van der Waals surface area contributed by atoms with Crippen LogP contribution in [0, 0.1) is 5.92 Å². The molecular weight excluding hydrogens is 240 g/mol. The molecule has 112 valence electrons. The molecule has 2 aliphatic rings. The zero-order chi connectivity index (χ0) is 13.7. The van der Waals surface area contributed by atoms with Gasteiger partial charge in [-0.25, -0.2) is 0 Å². The average molecular weight is 270 g/mol. The van der Waals surface area contributed by atoms with Gasteiger partial charge >= 0.3 is 0 Å². The monoisotopic (exact) mass is 270 g/mol. The molecule has 0 aromatic heterocycles. The summed E-state index contributed by atoms with van der Waals surface area (Å²) in [5.41, 5.74) is 6.11. The van der Waals surface area contributed by atoms with Crippen LogP contribution in [0.15, 0.2) is 0 Å². The van der Waals surface area contributed by atoms with Gasteiger partial charge in [0.1, 0.15) is 0 Å². The van der Waals surface area contributed by atoms with Gasteiger partial charge in [-0.3, -0.25) is 0 Å². The first-order chi connectivity index (χ1) is 9.23. The predicted molar refractivity (Wildman–Crippen MR) is 77.0 cm³/mol. The lowest BCUT2D eigenvalue weighted by Crippen LogP contribution is -2.60. The van der Waals surface area contributed by atoms with E-state index in [0.717, 1.165) is 38.7 Å². The first-order valence-electron chi connectivity index (χ1n) is 7.93. The number of ether oxygens (including phenoxy) is 1. The van der Waals surface area contributed by atoms with Gasteiger partial charge in [-0.05, 0) is 38.0 Å². The van der Waals surface area contributed by atoms with Crippen LogP contribution in [0.3, 0.4) is 0 Å². The van der Waals surface area contributed by atoms with Crippen molar-refractivity contribution in [2.24, 2.45) is 11.7 Å². The molecule has 0 bridgehead atoms. The van der Waals surface area contributed by atoms with Gasteiger partial charge in [0.05, 0.1) is 6.10 Å². The van der Waals surface area contributed by atoms with Crippen molar-refractivity contribution in [2.45, 2.75) is 69.6 Å². The average Bonchev–Trinajstić information content (AvgIpc) is 2.86. The van der Waals surface area contributed by atoms with Crippen LogP contribution in [0.2, 0.25) is 0 Å². The fourth-order valence-corrected chi connectivity index (χ4v) is 3.74. The lowest BCUT2D eigenvalue weighted by Gasteiger charge is -2.43. The van der Waals surface area contributed by atoms with Gasteiger partial charge in [-0.2, -0.15) is 0 Å². The first kappa shape index (κ1) is 15.2. The minimum Gasteiger partial charge on any atom is -0.396 e. The van der Waals surface area contributed by atoms with Gasteiger partial charge in [0, 0.05) is 31.3 Å². The summed E-state index contributed by atoms with van der Waals surface area (Å²) < 4.78 is 5.85. The van der Waals surface area contributed by atoms with Gasteiger partial charge < -0.3 is 20.9 Å². The predicted octanol–water partition coefficient (Wildman–Crippen LogP) is 1.41. The van der Waals surface area contributed by atoms with E-state index in [1.165, 1.54) is 12.8 Å². The lowest BCUT2D eigenvalue weighted by molar-refractivity contribution is -0.0354. The molecule has 0 spiro atoms. The van der Waals surface area contributed by atoms with E-state index in [0.29, 0.717) is 31.2 Å². The summed E-state index contributed by atoms with van der Waals surface area (Å²) in [5.74, 6) is 0.413. The Balaban J connectivity index is 1.97. The molecule has 1 heterocycles. The quantitative estimate of drug-likeness (QED) is 0.683. The highest BCUT2D eigenvalue weighted by Crippen LogP contribution is 2.32. The number of aliphatic hydroxyl groups is 1. The summed E-state index contributed by atoms with van der Waals surface area (Å²) in [6, 6.07) is 0.439. The summed E-state index contributed by atoms with van der Waals surface area (Å²) in [4.78, 5) is 0. The fourth-order valence-electron chi connectivity index (χ4n) is 3.74. The summed E-state index contributed by atoms with van der Waals surface area (Å²) in [7, 11) is 0. The first-order valence-corrected chi connectivity index (χ1v) is 7.93.